The largest absolute Gasteiger partial charge is 0.315 e. The molecular formula is C11H13BrCl2N2O2S. The number of benzene rings is 1. The molecule has 0 bridgehead atoms. The smallest absolute Gasteiger partial charge is 0.244 e. The Bertz CT molecular complexity index is 589. The lowest BCUT2D eigenvalue weighted by atomic mass is 10.3. The van der Waals surface area contributed by atoms with Gasteiger partial charge < -0.3 is 5.32 Å². The molecule has 1 unspecified atom stereocenters. The van der Waals surface area contributed by atoms with Crippen LogP contribution in [-0.2, 0) is 10.0 Å². The van der Waals surface area contributed by atoms with E-state index in [4.69, 9.17) is 23.2 Å². The summed E-state index contributed by atoms with van der Waals surface area (Å²) in [6.07, 6.45) is 0.794. The minimum Gasteiger partial charge on any atom is -0.315 e. The first kappa shape index (κ1) is 15.5. The number of halogens is 3. The molecule has 1 aliphatic rings. The van der Waals surface area contributed by atoms with Crippen molar-refractivity contribution in [3.63, 3.8) is 0 Å². The summed E-state index contributed by atoms with van der Waals surface area (Å²) in [4.78, 5) is 0.0693. The van der Waals surface area contributed by atoms with Crippen molar-refractivity contribution < 1.29 is 8.42 Å². The molecule has 0 aliphatic carbocycles. The quantitative estimate of drug-likeness (QED) is 0.811. The zero-order valence-electron chi connectivity index (χ0n) is 10.2. The monoisotopic (exact) mass is 386 g/mol. The summed E-state index contributed by atoms with van der Waals surface area (Å²) in [6, 6.07) is 2.83. The fourth-order valence-corrected chi connectivity index (χ4v) is 4.63. The van der Waals surface area contributed by atoms with Crippen LogP contribution in [-0.4, -0.2) is 38.9 Å². The molecule has 0 saturated carbocycles. The van der Waals surface area contributed by atoms with Crippen LogP contribution in [0.1, 0.15) is 6.42 Å². The highest BCUT2D eigenvalue weighted by Crippen LogP contribution is 2.33. The molecule has 1 saturated heterocycles. The Morgan fingerprint density at radius 2 is 2.05 bits per heavy atom. The van der Waals surface area contributed by atoms with Crippen molar-refractivity contribution in [2.75, 3.05) is 20.1 Å². The normalized spacial score (nSPS) is 20.2. The van der Waals surface area contributed by atoms with E-state index in [1.165, 1.54) is 16.4 Å². The molecule has 19 heavy (non-hydrogen) atoms. The molecule has 106 valence electrons. The van der Waals surface area contributed by atoms with Crippen molar-refractivity contribution in [3.05, 3.63) is 26.7 Å². The van der Waals surface area contributed by atoms with E-state index in [9.17, 15) is 8.42 Å². The standard InChI is InChI=1S/C11H13BrCl2N2O2S/c1-16(7-2-3-15-6-7)19(17,18)11-4-8(12)9(13)5-10(11)14/h4-5,7,15H,2-3,6H2,1H3. The van der Waals surface area contributed by atoms with Crippen molar-refractivity contribution in [2.45, 2.75) is 17.4 Å². The van der Waals surface area contributed by atoms with Gasteiger partial charge in [0.15, 0.2) is 0 Å². The second-order valence-electron chi connectivity index (χ2n) is 4.36. The Labute approximate surface area is 131 Å². The topological polar surface area (TPSA) is 49.4 Å². The van der Waals surface area contributed by atoms with Crippen molar-refractivity contribution in [1.29, 1.82) is 0 Å². The third-order valence-corrected chi connectivity index (χ3v) is 6.75. The summed E-state index contributed by atoms with van der Waals surface area (Å²) < 4.78 is 27.0. The summed E-state index contributed by atoms with van der Waals surface area (Å²) in [6.45, 7) is 1.48. The minimum absolute atomic E-state index is 0.0458. The zero-order valence-corrected chi connectivity index (χ0v) is 14.1. The highest BCUT2D eigenvalue weighted by molar-refractivity contribution is 9.10. The van der Waals surface area contributed by atoms with E-state index >= 15 is 0 Å². The Morgan fingerprint density at radius 3 is 2.63 bits per heavy atom. The minimum atomic E-state index is -3.62. The van der Waals surface area contributed by atoms with E-state index in [-0.39, 0.29) is 16.0 Å². The van der Waals surface area contributed by atoms with Crippen molar-refractivity contribution >= 4 is 49.2 Å². The van der Waals surface area contributed by atoms with Crippen LogP contribution >= 0.6 is 39.1 Å². The fraction of sp³-hybridized carbons (Fsp3) is 0.455. The molecule has 1 aromatic carbocycles. The number of nitrogens with one attached hydrogen (secondary N) is 1. The van der Waals surface area contributed by atoms with Crippen LogP contribution in [0.5, 0.6) is 0 Å². The molecule has 0 spiro atoms. The summed E-state index contributed by atoms with van der Waals surface area (Å²) in [5.41, 5.74) is 0. The van der Waals surface area contributed by atoms with Gasteiger partial charge in [0.1, 0.15) is 4.90 Å². The van der Waals surface area contributed by atoms with Gasteiger partial charge in [0, 0.05) is 24.1 Å². The van der Waals surface area contributed by atoms with Gasteiger partial charge in [-0.3, -0.25) is 0 Å². The summed E-state index contributed by atoms with van der Waals surface area (Å²) in [5.74, 6) is 0. The van der Waals surface area contributed by atoms with Crippen LogP contribution in [0.2, 0.25) is 10.0 Å². The van der Waals surface area contributed by atoms with Gasteiger partial charge in [-0.2, -0.15) is 4.31 Å². The molecule has 1 heterocycles. The van der Waals surface area contributed by atoms with E-state index in [0.717, 1.165) is 13.0 Å². The van der Waals surface area contributed by atoms with Gasteiger partial charge in [-0.05, 0) is 41.0 Å². The molecule has 1 aromatic rings. The molecular weight excluding hydrogens is 375 g/mol. The highest BCUT2D eigenvalue weighted by Gasteiger charge is 2.31. The van der Waals surface area contributed by atoms with Gasteiger partial charge in [0.05, 0.1) is 10.0 Å². The molecule has 1 atom stereocenters. The molecule has 1 N–H and O–H groups in total. The highest BCUT2D eigenvalue weighted by atomic mass is 79.9. The van der Waals surface area contributed by atoms with Gasteiger partial charge in [0.2, 0.25) is 10.0 Å². The molecule has 1 fully saturated rings. The fourth-order valence-electron chi connectivity index (χ4n) is 2.00. The second kappa shape index (κ2) is 5.87. The number of likely N-dealkylation sites (N-methyl/N-ethyl adjacent to an activating group) is 1. The SMILES string of the molecule is CN(C1CCNC1)S(=O)(=O)c1cc(Br)c(Cl)cc1Cl. The van der Waals surface area contributed by atoms with E-state index in [1.54, 1.807) is 7.05 Å². The van der Waals surface area contributed by atoms with Gasteiger partial charge in [0.25, 0.3) is 0 Å². The van der Waals surface area contributed by atoms with Crippen LogP contribution in [0.3, 0.4) is 0 Å². The van der Waals surface area contributed by atoms with Gasteiger partial charge in [-0.1, -0.05) is 23.2 Å². The van der Waals surface area contributed by atoms with Crippen LogP contribution in [0.4, 0.5) is 0 Å². The molecule has 4 nitrogen and oxygen atoms in total. The predicted octanol–water partition coefficient (Wildman–Crippen LogP) is 2.74. The number of nitrogens with zero attached hydrogens (tertiary/aromatic N) is 1. The van der Waals surface area contributed by atoms with Gasteiger partial charge in [-0.15, -0.1) is 0 Å². The molecule has 2 rings (SSSR count). The average molecular weight is 388 g/mol. The maximum atomic E-state index is 12.6. The predicted molar refractivity (Wildman–Crippen MR) is 80.4 cm³/mol. The molecule has 0 radical (unpaired) electrons. The first-order valence-corrected chi connectivity index (χ1v) is 8.66. The van der Waals surface area contributed by atoms with Crippen molar-refractivity contribution in [3.8, 4) is 0 Å². The molecule has 0 aromatic heterocycles. The molecule has 8 heteroatoms. The molecule has 1 aliphatic heterocycles. The summed E-state index contributed by atoms with van der Waals surface area (Å²) in [7, 11) is -2.04. The third-order valence-electron chi connectivity index (χ3n) is 3.18. The van der Waals surface area contributed by atoms with E-state index < -0.39 is 10.0 Å². The first-order chi connectivity index (χ1) is 8.84. The lowest BCUT2D eigenvalue weighted by Crippen LogP contribution is -2.38. The van der Waals surface area contributed by atoms with Gasteiger partial charge in [-0.25, -0.2) is 8.42 Å². The Morgan fingerprint density at radius 1 is 1.37 bits per heavy atom. The number of hydrogen-bond donors (Lipinski definition) is 1. The average Bonchev–Trinajstić information content (AvgIpc) is 2.86. The maximum Gasteiger partial charge on any atom is 0.244 e. The van der Waals surface area contributed by atoms with E-state index in [1.807, 2.05) is 0 Å². The van der Waals surface area contributed by atoms with Crippen LogP contribution in [0, 0.1) is 0 Å². The van der Waals surface area contributed by atoms with Crippen LogP contribution in [0.15, 0.2) is 21.5 Å². The molecule has 0 amide bonds. The maximum absolute atomic E-state index is 12.6. The lowest BCUT2D eigenvalue weighted by molar-refractivity contribution is 0.388. The van der Waals surface area contributed by atoms with Gasteiger partial charge >= 0.3 is 0 Å². The number of rotatable bonds is 3. The van der Waals surface area contributed by atoms with Crippen LogP contribution in [0.25, 0.3) is 0 Å². The van der Waals surface area contributed by atoms with Crippen molar-refractivity contribution in [2.24, 2.45) is 0 Å². The van der Waals surface area contributed by atoms with E-state index in [2.05, 4.69) is 21.2 Å². The third kappa shape index (κ3) is 3.09. The number of hydrogen-bond acceptors (Lipinski definition) is 3. The summed E-state index contributed by atoms with van der Waals surface area (Å²) >= 11 is 15.1. The summed E-state index contributed by atoms with van der Waals surface area (Å²) in [5, 5.41) is 3.66. The van der Waals surface area contributed by atoms with E-state index in [0.29, 0.717) is 16.0 Å². The first-order valence-electron chi connectivity index (χ1n) is 5.67. The number of sulfonamides is 1. The van der Waals surface area contributed by atoms with Crippen LogP contribution < -0.4 is 5.32 Å². The second-order valence-corrected chi connectivity index (χ2v) is 8.00. The zero-order chi connectivity index (χ0) is 14.2. The Hall–Kier alpha value is 0.150. The lowest BCUT2D eigenvalue weighted by Gasteiger charge is -2.23. The Kier molecular flexibility index (Phi) is 4.80. The Balaban J connectivity index is 2.41. The van der Waals surface area contributed by atoms with Crippen molar-refractivity contribution in [1.82, 2.24) is 9.62 Å².